The summed E-state index contributed by atoms with van der Waals surface area (Å²) in [5, 5.41) is 3.04. The van der Waals surface area contributed by atoms with Crippen molar-refractivity contribution in [3.8, 4) is 11.5 Å². The lowest BCUT2D eigenvalue weighted by Gasteiger charge is -2.09. The zero-order valence-electron chi connectivity index (χ0n) is 8.99. The van der Waals surface area contributed by atoms with Gasteiger partial charge in [0, 0.05) is 18.3 Å². The van der Waals surface area contributed by atoms with Crippen LogP contribution in [0, 0.1) is 0 Å². The molecule has 2 rings (SSSR count). The first-order valence-electron chi connectivity index (χ1n) is 5.01. The largest absolute Gasteiger partial charge is 0.454 e. The van der Waals surface area contributed by atoms with Crippen molar-refractivity contribution in [1.82, 2.24) is 5.43 Å². The molecule has 0 saturated heterocycles. The highest BCUT2D eigenvalue weighted by molar-refractivity contribution is 5.93. The number of nitrogens with two attached hydrogens (primary N) is 1. The van der Waals surface area contributed by atoms with E-state index in [1.165, 1.54) is 0 Å². The molecule has 0 atom stereocenters. The number of guanidine groups is 1. The molecule has 6 heteroatoms. The fourth-order valence-electron chi connectivity index (χ4n) is 1.39. The van der Waals surface area contributed by atoms with Gasteiger partial charge in [0.05, 0.1) is 0 Å². The average Bonchev–Trinajstić information content (AvgIpc) is 2.75. The van der Waals surface area contributed by atoms with E-state index in [1.54, 1.807) is 0 Å². The molecule has 0 unspecified atom stereocenters. The number of hydrogen-bond acceptors (Lipinski definition) is 4. The van der Waals surface area contributed by atoms with E-state index in [1.807, 2.05) is 25.1 Å². The van der Waals surface area contributed by atoms with E-state index in [0.717, 1.165) is 17.2 Å². The zero-order chi connectivity index (χ0) is 11.4. The maximum atomic E-state index is 5.32. The predicted molar refractivity (Wildman–Crippen MR) is 61.5 cm³/mol. The first-order chi connectivity index (χ1) is 7.83. The van der Waals surface area contributed by atoms with E-state index >= 15 is 0 Å². The van der Waals surface area contributed by atoms with Crippen LogP contribution in [-0.4, -0.2) is 19.3 Å². The van der Waals surface area contributed by atoms with Crippen LogP contribution in [-0.2, 0) is 0 Å². The van der Waals surface area contributed by atoms with Gasteiger partial charge in [-0.2, -0.15) is 0 Å². The van der Waals surface area contributed by atoms with Crippen LogP contribution in [0.25, 0.3) is 0 Å². The number of ether oxygens (including phenoxy) is 2. The second kappa shape index (κ2) is 4.71. The third-order valence-electron chi connectivity index (χ3n) is 2.09. The number of hydrazine groups is 1. The molecular formula is C10H14N4O2. The number of nitrogens with zero attached hydrogens (tertiary/aromatic N) is 1. The van der Waals surface area contributed by atoms with Crippen LogP contribution in [0.3, 0.4) is 0 Å². The van der Waals surface area contributed by atoms with Gasteiger partial charge in [0.25, 0.3) is 0 Å². The molecule has 1 aliphatic rings. The van der Waals surface area contributed by atoms with E-state index in [2.05, 4.69) is 15.7 Å². The van der Waals surface area contributed by atoms with Gasteiger partial charge in [-0.05, 0) is 19.1 Å². The van der Waals surface area contributed by atoms with Gasteiger partial charge in [0.15, 0.2) is 11.5 Å². The first-order valence-corrected chi connectivity index (χ1v) is 5.01. The Balaban J connectivity index is 2.13. The molecule has 0 aromatic heterocycles. The predicted octanol–water partition coefficient (Wildman–Crippen LogP) is 0.666. The molecule has 1 aliphatic heterocycles. The molecule has 0 amide bonds. The Morgan fingerprint density at radius 1 is 1.44 bits per heavy atom. The standard InChI is InChI=1S/C10H14N4O2/c1-2-12-10(14-11)13-7-3-4-8-9(5-7)16-6-15-8/h3-5H,2,6,11H2,1H3,(H2,12,13,14). The monoisotopic (exact) mass is 222 g/mol. The second-order valence-electron chi connectivity index (χ2n) is 3.16. The highest BCUT2D eigenvalue weighted by Gasteiger charge is 2.13. The lowest BCUT2D eigenvalue weighted by atomic mass is 10.3. The van der Waals surface area contributed by atoms with Gasteiger partial charge in [0.1, 0.15) is 0 Å². The molecule has 1 aromatic rings. The molecule has 0 saturated carbocycles. The normalized spacial score (nSPS) is 13.8. The maximum Gasteiger partial charge on any atom is 0.231 e. The van der Waals surface area contributed by atoms with E-state index in [4.69, 9.17) is 15.3 Å². The minimum atomic E-state index is 0.268. The number of aliphatic imine (C=N–C) groups is 1. The van der Waals surface area contributed by atoms with Crippen LogP contribution in [0.4, 0.5) is 5.69 Å². The van der Waals surface area contributed by atoms with Crippen LogP contribution < -0.4 is 26.1 Å². The Labute approximate surface area is 93.4 Å². The molecule has 0 aliphatic carbocycles. The van der Waals surface area contributed by atoms with Gasteiger partial charge in [-0.15, -0.1) is 0 Å². The summed E-state index contributed by atoms with van der Waals surface area (Å²) in [6.07, 6.45) is 0. The number of nitrogens with one attached hydrogen (secondary N) is 2. The van der Waals surface area contributed by atoms with E-state index in [0.29, 0.717) is 12.5 Å². The Hall–Kier alpha value is -1.95. The van der Waals surface area contributed by atoms with Crippen molar-refractivity contribution in [1.29, 1.82) is 0 Å². The highest BCUT2D eigenvalue weighted by Crippen LogP contribution is 2.34. The number of rotatable bonds is 2. The fraction of sp³-hybridized carbons (Fsp3) is 0.300. The smallest absolute Gasteiger partial charge is 0.231 e. The minimum Gasteiger partial charge on any atom is -0.454 e. The maximum absolute atomic E-state index is 5.32. The number of fused-ring (bicyclic) bond motifs is 1. The molecule has 0 spiro atoms. The molecule has 0 bridgehead atoms. The second-order valence-corrected chi connectivity index (χ2v) is 3.16. The molecule has 0 fully saturated rings. The van der Waals surface area contributed by atoms with Crippen LogP contribution >= 0.6 is 0 Å². The summed E-state index contributed by atoms with van der Waals surface area (Å²) in [5.74, 6) is 7.31. The van der Waals surface area contributed by atoms with Crippen LogP contribution in [0.15, 0.2) is 23.2 Å². The van der Waals surface area contributed by atoms with Gasteiger partial charge < -0.3 is 14.8 Å². The van der Waals surface area contributed by atoms with Crippen molar-refractivity contribution < 1.29 is 9.47 Å². The SMILES string of the molecule is CCN=C(NN)Nc1ccc2c(c1)OCO2. The summed E-state index contributed by atoms with van der Waals surface area (Å²) >= 11 is 0. The van der Waals surface area contributed by atoms with Crippen molar-refractivity contribution >= 4 is 11.6 Å². The Morgan fingerprint density at radius 3 is 3.00 bits per heavy atom. The lowest BCUT2D eigenvalue weighted by Crippen LogP contribution is -2.36. The molecule has 16 heavy (non-hydrogen) atoms. The van der Waals surface area contributed by atoms with Gasteiger partial charge in [0.2, 0.25) is 12.8 Å². The Kier molecular flexibility index (Phi) is 3.11. The van der Waals surface area contributed by atoms with Crippen molar-refractivity contribution in [2.75, 3.05) is 18.7 Å². The van der Waals surface area contributed by atoms with Crippen LogP contribution in [0.1, 0.15) is 6.92 Å². The van der Waals surface area contributed by atoms with Crippen LogP contribution in [0.2, 0.25) is 0 Å². The molecule has 6 nitrogen and oxygen atoms in total. The molecular weight excluding hydrogens is 208 g/mol. The summed E-state index contributed by atoms with van der Waals surface area (Å²) < 4.78 is 10.5. The lowest BCUT2D eigenvalue weighted by molar-refractivity contribution is 0.174. The highest BCUT2D eigenvalue weighted by atomic mass is 16.7. The summed E-state index contributed by atoms with van der Waals surface area (Å²) in [7, 11) is 0. The van der Waals surface area contributed by atoms with E-state index in [9.17, 15) is 0 Å². The van der Waals surface area contributed by atoms with E-state index < -0.39 is 0 Å². The third-order valence-corrected chi connectivity index (χ3v) is 2.09. The van der Waals surface area contributed by atoms with Gasteiger partial charge >= 0.3 is 0 Å². The van der Waals surface area contributed by atoms with Crippen LogP contribution in [0.5, 0.6) is 11.5 Å². The molecule has 0 radical (unpaired) electrons. The Morgan fingerprint density at radius 2 is 2.25 bits per heavy atom. The van der Waals surface area contributed by atoms with Crippen molar-refractivity contribution in [3.63, 3.8) is 0 Å². The van der Waals surface area contributed by atoms with Crippen molar-refractivity contribution in [2.45, 2.75) is 6.92 Å². The number of hydrogen-bond donors (Lipinski definition) is 3. The van der Waals surface area contributed by atoms with Gasteiger partial charge in [-0.25, -0.2) is 5.84 Å². The number of anilines is 1. The summed E-state index contributed by atoms with van der Waals surface area (Å²) in [5.41, 5.74) is 3.33. The van der Waals surface area contributed by atoms with Gasteiger partial charge in [-0.3, -0.25) is 10.4 Å². The van der Waals surface area contributed by atoms with Gasteiger partial charge in [-0.1, -0.05) is 0 Å². The Bertz CT molecular complexity index is 406. The quantitative estimate of drug-likeness (QED) is 0.296. The first kappa shape index (κ1) is 10.6. The van der Waals surface area contributed by atoms with E-state index in [-0.39, 0.29) is 6.79 Å². The molecule has 1 heterocycles. The summed E-state index contributed by atoms with van der Waals surface area (Å²) in [6.45, 7) is 2.85. The number of benzene rings is 1. The molecule has 4 N–H and O–H groups in total. The topological polar surface area (TPSA) is 80.9 Å². The summed E-state index contributed by atoms with van der Waals surface area (Å²) in [6, 6.07) is 5.55. The zero-order valence-corrected chi connectivity index (χ0v) is 8.99. The fourth-order valence-corrected chi connectivity index (χ4v) is 1.39. The third kappa shape index (κ3) is 2.17. The molecule has 1 aromatic carbocycles. The molecule has 86 valence electrons. The minimum absolute atomic E-state index is 0.268. The van der Waals surface area contributed by atoms with Crippen molar-refractivity contribution in [3.05, 3.63) is 18.2 Å². The summed E-state index contributed by atoms with van der Waals surface area (Å²) in [4.78, 5) is 4.13. The van der Waals surface area contributed by atoms with Crippen molar-refractivity contribution in [2.24, 2.45) is 10.8 Å². The average molecular weight is 222 g/mol.